The van der Waals surface area contributed by atoms with Gasteiger partial charge in [0.1, 0.15) is 11.6 Å². The third-order valence-electron chi connectivity index (χ3n) is 3.54. The molecule has 0 fully saturated rings. The summed E-state index contributed by atoms with van der Waals surface area (Å²) < 4.78 is 1.70. The van der Waals surface area contributed by atoms with Crippen LogP contribution in [0.25, 0.3) is 0 Å². The molecule has 0 radical (unpaired) electrons. The highest BCUT2D eigenvalue weighted by molar-refractivity contribution is 7.08. The fraction of sp³-hybridized carbons (Fsp3) is 0.467. The zero-order valence-corrected chi connectivity index (χ0v) is 13.6. The predicted octanol–water partition coefficient (Wildman–Crippen LogP) is 2.15. The number of aryl methyl sites for hydroxylation is 2. The summed E-state index contributed by atoms with van der Waals surface area (Å²) in [7, 11) is 0. The summed E-state index contributed by atoms with van der Waals surface area (Å²) in [6.07, 6.45) is 0. The first-order valence-corrected chi connectivity index (χ1v) is 7.81. The smallest absolute Gasteiger partial charge is 0.244 e. The van der Waals surface area contributed by atoms with Crippen LogP contribution >= 0.6 is 11.3 Å². The molecule has 2 unspecified atom stereocenters. The Hall–Kier alpha value is -1.66. The molecule has 0 aliphatic carbocycles. The fourth-order valence-electron chi connectivity index (χ4n) is 2.23. The highest BCUT2D eigenvalue weighted by Crippen LogP contribution is 2.22. The predicted molar refractivity (Wildman–Crippen MR) is 83.3 cm³/mol. The van der Waals surface area contributed by atoms with Gasteiger partial charge in [-0.3, -0.25) is 9.48 Å². The minimum absolute atomic E-state index is 0.156. The molecule has 2 rings (SSSR count). The summed E-state index contributed by atoms with van der Waals surface area (Å²) in [6.45, 7) is 7.49. The third-order valence-corrected chi connectivity index (χ3v) is 4.22. The molecular formula is C15H21N3O2S. The number of thiophene rings is 1. The number of carbonyl (C=O) groups is 1. The molecule has 5 nitrogen and oxygen atoms in total. The van der Waals surface area contributed by atoms with Crippen LogP contribution in [0.5, 0.6) is 0 Å². The van der Waals surface area contributed by atoms with Gasteiger partial charge in [0.15, 0.2) is 0 Å². The lowest BCUT2D eigenvalue weighted by atomic mass is 9.99. The van der Waals surface area contributed by atoms with Gasteiger partial charge in [-0.25, -0.2) is 0 Å². The first-order chi connectivity index (χ1) is 9.81. The van der Waals surface area contributed by atoms with Crippen molar-refractivity contribution >= 4 is 17.2 Å². The summed E-state index contributed by atoms with van der Waals surface area (Å²) in [5, 5.41) is 21.3. The van der Waals surface area contributed by atoms with Crippen molar-refractivity contribution < 1.29 is 9.90 Å². The Labute approximate surface area is 128 Å². The zero-order chi connectivity index (χ0) is 15.6. The number of hydrogen-bond donors (Lipinski definition) is 2. The van der Waals surface area contributed by atoms with Crippen LogP contribution in [0.4, 0.5) is 0 Å². The third kappa shape index (κ3) is 3.51. The molecule has 2 aromatic rings. The SMILES string of the molecule is Cc1cc(C)n(C(C)C(=O)NCC(C)(O)c2ccsc2)n1. The van der Waals surface area contributed by atoms with Crippen molar-refractivity contribution in [3.05, 3.63) is 39.8 Å². The van der Waals surface area contributed by atoms with E-state index in [1.807, 2.05) is 36.7 Å². The molecule has 2 aromatic heterocycles. The Morgan fingerprint density at radius 3 is 2.81 bits per heavy atom. The summed E-state index contributed by atoms with van der Waals surface area (Å²) >= 11 is 1.52. The van der Waals surface area contributed by atoms with E-state index in [1.54, 1.807) is 18.5 Å². The maximum Gasteiger partial charge on any atom is 0.244 e. The van der Waals surface area contributed by atoms with Gasteiger partial charge in [-0.1, -0.05) is 0 Å². The lowest BCUT2D eigenvalue weighted by Gasteiger charge is -2.24. The summed E-state index contributed by atoms with van der Waals surface area (Å²) in [6, 6.07) is 3.39. The van der Waals surface area contributed by atoms with Gasteiger partial charge in [0, 0.05) is 5.69 Å². The molecule has 2 heterocycles. The van der Waals surface area contributed by atoms with Gasteiger partial charge in [0.05, 0.1) is 12.2 Å². The van der Waals surface area contributed by atoms with Crippen LogP contribution in [0.3, 0.4) is 0 Å². The van der Waals surface area contributed by atoms with Gasteiger partial charge in [0.25, 0.3) is 0 Å². The van der Waals surface area contributed by atoms with Crippen molar-refractivity contribution in [1.82, 2.24) is 15.1 Å². The van der Waals surface area contributed by atoms with Crippen molar-refractivity contribution in [1.29, 1.82) is 0 Å². The highest BCUT2D eigenvalue weighted by Gasteiger charge is 2.26. The average molecular weight is 307 g/mol. The molecule has 0 saturated carbocycles. The van der Waals surface area contributed by atoms with E-state index in [1.165, 1.54) is 11.3 Å². The molecule has 0 aliphatic heterocycles. The van der Waals surface area contributed by atoms with Gasteiger partial charge < -0.3 is 10.4 Å². The Balaban J connectivity index is 2.00. The molecule has 0 aliphatic rings. The lowest BCUT2D eigenvalue weighted by Crippen LogP contribution is -2.41. The Morgan fingerprint density at radius 1 is 1.57 bits per heavy atom. The van der Waals surface area contributed by atoms with E-state index >= 15 is 0 Å². The summed E-state index contributed by atoms with van der Waals surface area (Å²) in [5.74, 6) is -0.156. The Bertz CT molecular complexity index is 617. The Kier molecular flexibility index (Phi) is 4.49. The molecule has 114 valence electrons. The quantitative estimate of drug-likeness (QED) is 0.889. The standard InChI is InChI=1S/C15H21N3O2S/c1-10-7-11(2)18(17-10)12(3)14(19)16-9-15(4,20)13-5-6-21-8-13/h5-8,12,20H,9H2,1-4H3,(H,16,19). The van der Waals surface area contributed by atoms with Crippen LogP contribution < -0.4 is 5.32 Å². The van der Waals surface area contributed by atoms with Gasteiger partial charge in [-0.05, 0) is 56.2 Å². The van der Waals surface area contributed by atoms with Crippen molar-refractivity contribution in [2.24, 2.45) is 0 Å². The molecule has 1 amide bonds. The molecular weight excluding hydrogens is 286 g/mol. The first kappa shape index (κ1) is 15.7. The largest absolute Gasteiger partial charge is 0.384 e. The maximum absolute atomic E-state index is 12.2. The van der Waals surface area contributed by atoms with Crippen molar-refractivity contribution in [3.8, 4) is 0 Å². The van der Waals surface area contributed by atoms with E-state index < -0.39 is 11.6 Å². The summed E-state index contributed by atoms with van der Waals surface area (Å²) in [4.78, 5) is 12.2. The number of aliphatic hydroxyl groups is 1. The number of hydrogen-bond acceptors (Lipinski definition) is 4. The molecule has 6 heteroatoms. The van der Waals surface area contributed by atoms with Crippen LogP contribution in [0.1, 0.15) is 36.8 Å². The van der Waals surface area contributed by atoms with E-state index in [-0.39, 0.29) is 12.5 Å². The van der Waals surface area contributed by atoms with Gasteiger partial charge in [-0.15, -0.1) is 0 Å². The van der Waals surface area contributed by atoms with E-state index in [2.05, 4.69) is 10.4 Å². The fourth-order valence-corrected chi connectivity index (χ4v) is 3.01. The first-order valence-electron chi connectivity index (χ1n) is 6.87. The molecule has 0 aromatic carbocycles. The van der Waals surface area contributed by atoms with Gasteiger partial charge in [0.2, 0.25) is 5.91 Å². The molecule has 2 N–H and O–H groups in total. The minimum Gasteiger partial charge on any atom is -0.384 e. The number of nitrogens with one attached hydrogen (secondary N) is 1. The number of amides is 1. The van der Waals surface area contributed by atoms with E-state index in [4.69, 9.17) is 0 Å². The summed E-state index contributed by atoms with van der Waals surface area (Å²) in [5.41, 5.74) is 1.58. The monoisotopic (exact) mass is 307 g/mol. The number of rotatable bonds is 5. The van der Waals surface area contributed by atoms with Crippen LogP contribution in [0, 0.1) is 13.8 Å². The molecule has 21 heavy (non-hydrogen) atoms. The van der Waals surface area contributed by atoms with Gasteiger partial charge >= 0.3 is 0 Å². The van der Waals surface area contributed by atoms with Crippen LogP contribution in [0.15, 0.2) is 22.9 Å². The normalized spacial score (nSPS) is 15.5. The van der Waals surface area contributed by atoms with Gasteiger partial charge in [-0.2, -0.15) is 16.4 Å². The Morgan fingerprint density at radius 2 is 2.29 bits per heavy atom. The van der Waals surface area contributed by atoms with Crippen molar-refractivity contribution in [2.45, 2.75) is 39.3 Å². The number of aromatic nitrogens is 2. The second kappa shape index (κ2) is 5.99. The lowest BCUT2D eigenvalue weighted by molar-refractivity contribution is -0.125. The molecule has 0 spiro atoms. The van der Waals surface area contributed by atoms with E-state index in [0.717, 1.165) is 17.0 Å². The van der Waals surface area contributed by atoms with Crippen LogP contribution in [0.2, 0.25) is 0 Å². The maximum atomic E-state index is 12.2. The zero-order valence-electron chi connectivity index (χ0n) is 12.8. The number of carbonyl (C=O) groups excluding carboxylic acids is 1. The topological polar surface area (TPSA) is 67.2 Å². The second-order valence-electron chi connectivity index (χ2n) is 5.55. The molecule has 0 saturated heterocycles. The molecule has 2 atom stereocenters. The highest BCUT2D eigenvalue weighted by atomic mass is 32.1. The van der Waals surface area contributed by atoms with Crippen LogP contribution in [-0.4, -0.2) is 27.3 Å². The van der Waals surface area contributed by atoms with Crippen molar-refractivity contribution in [3.63, 3.8) is 0 Å². The van der Waals surface area contributed by atoms with E-state index in [0.29, 0.717) is 0 Å². The average Bonchev–Trinajstić information content (AvgIpc) is 3.05. The molecule has 0 bridgehead atoms. The number of nitrogens with zero attached hydrogens (tertiary/aromatic N) is 2. The second-order valence-corrected chi connectivity index (χ2v) is 6.33. The minimum atomic E-state index is -1.07. The van der Waals surface area contributed by atoms with Crippen molar-refractivity contribution in [2.75, 3.05) is 6.54 Å². The van der Waals surface area contributed by atoms with E-state index in [9.17, 15) is 9.90 Å². The van der Waals surface area contributed by atoms with Crippen LogP contribution in [-0.2, 0) is 10.4 Å².